The zero-order valence-corrected chi connectivity index (χ0v) is 12.2. The summed E-state index contributed by atoms with van der Waals surface area (Å²) in [6, 6.07) is 0. The molecule has 2 aromatic heterocycles. The van der Waals surface area contributed by atoms with Crippen molar-refractivity contribution < 1.29 is 5.11 Å². The minimum atomic E-state index is -0.317. The van der Waals surface area contributed by atoms with Gasteiger partial charge in [-0.25, -0.2) is 4.98 Å². The first-order valence-electron chi connectivity index (χ1n) is 6.99. The van der Waals surface area contributed by atoms with Gasteiger partial charge in [0.05, 0.1) is 6.10 Å². The minimum Gasteiger partial charge on any atom is -0.393 e. The number of nitrogens with one attached hydrogen (secondary N) is 2. The SMILES string of the molecule is CCNc1nc(NCCC(O)CC)nc(-n2cncn2)n1. The molecule has 0 saturated heterocycles. The summed E-state index contributed by atoms with van der Waals surface area (Å²) in [5.74, 6) is 1.29. The van der Waals surface area contributed by atoms with Gasteiger partial charge in [0.2, 0.25) is 11.9 Å². The molecule has 0 bridgehead atoms. The predicted molar refractivity (Wildman–Crippen MR) is 78.3 cm³/mol. The highest BCUT2D eigenvalue weighted by molar-refractivity contribution is 5.37. The van der Waals surface area contributed by atoms with Crippen molar-refractivity contribution in [3.8, 4) is 5.95 Å². The lowest BCUT2D eigenvalue weighted by Gasteiger charge is -2.10. The summed E-state index contributed by atoms with van der Waals surface area (Å²) in [5.41, 5.74) is 0. The number of nitrogens with zero attached hydrogens (tertiary/aromatic N) is 6. The highest BCUT2D eigenvalue weighted by Gasteiger charge is 2.09. The third-order valence-electron chi connectivity index (χ3n) is 2.81. The zero-order valence-electron chi connectivity index (χ0n) is 12.2. The van der Waals surface area contributed by atoms with E-state index in [2.05, 4.69) is 35.7 Å². The summed E-state index contributed by atoms with van der Waals surface area (Å²) in [6.07, 6.45) is 3.99. The number of anilines is 2. The Morgan fingerprint density at radius 2 is 1.95 bits per heavy atom. The van der Waals surface area contributed by atoms with Crippen LogP contribution in [0.25, 0.3) is 5.95 Å². The summed E-state index contributed by atoms with van der Waals surface area (Å²) in [7, 11) is 0. The van der Waals surface area contributed by atoms with Crippen LogP contribution in [-0.4, -0.2) is 54.0 Å². The average Bonchev–Trinajstić information content (AvgIpc) is 3.01. The van der Waals surface area contributed by atoms with E-state index in [1.807, 2.05) is 13.8 Å². The Morgan fingerprint density at radius 3 is 2.57 bits per heavy atom. The normalized spacial score (nSPS) is 12.1. The van der Waals surface area contributed by atoms with Crippen LogP contribution in [0.1, 0.15) is 26.7 Å². The van der Waals surface area contributed by atoms with E-state index in [1.54, 1.807) is 0 Å². The molecule has 21 heavy (non-hydrogen) atoms. The molecule has 0 aromatic carbocycles. The smallest absolute Gasteiger partial charge is 0.258 e. The van der Waals surface area contributed by atoms with Crippen molar-refractivity contribution >= 4 is 11.9 Å². The maximum absolute atomic E-state index is 9.55. The Balaban J connectivity index is 2.12. The van der Waals surface area contributed by atoms with Gasteiger partial charge >= 0.3 is 0 Å². The van der Waals surface area contributed by atoms with E-state index in [4.69, 9.17) is 0 Å². The second-order valence-corrected chi connectivity index (χ2v) is 4.43. The van der Waals surface area contributed by atoms with Crippen LogP contribution in [-0.2, 0) is 0 Å². The number of hydrogen-bond donors (Lipinski definition) is 3. The average molecular weight is 292 g/mol. The van der Waals surface area contributed by atoms with E-state index in [1.165, 1.54) is 17.3 Å². The molecule has 0 saturated carbocycles. The number of hydrogen-bond acceptors (Lipinski definition) is 8. The quantitative estimate of drug-likeness (QED) is 0.643. The van der Waals surface area contributed by atoms with E-state index in [-0.39, 0.29) is 6.10 Å². The van der Waals surface area contributed by atoms with Gasteiger partial charge in [-0.2, -0.15) is 24.7 Å². The molecular weight excluding hydrogens is 272 g/mol. The molecule has 1 atom stereocenters. The molecule has 0 aliphatic heterocycles. The van der Waals surface area contributed by atoms with Gasteiger partial charge in [0.25, 0.3) is 5.95 Å². The van der Waals surface area contributed by atoms with Crippen molar-refractivity contribution in [1.29, 1.82) is 0 Å². The standard InChI is InChI=1S/C12H20N8O/c1-3-9(21)5-6-15-11-17-10(14-4-2)18-12(19-11)20-8-13-7-16-20/h7-9,21H,3-6H2,1-2H3,(H2,14,15,17,18,19). The second-order valence-electron chi connectivity index (χ2n) is 4.43. The molecule has 2 heterocycles. The van der Waals surface area contributed by atoms with Crippen molar-refractivity contribution in [3.63, 3.8) is 0 Å². The Labute approximate surface area is 122 Å². The van der Waals surface area contributed by atoms with Gasteiger partial charge < -0.3 is 15.7 Å². The highest BCUT2D eigenvalue weighted by atomic mass is 16.3. The number of aromatic nitrogens is 6. The summed E-state index contributed by atoms with van der Waals surface area (Å²) >= 11 is 0. The summed E-state index contributed by atoms with van der Waals surface area (Å²) < 4.78 is 1.47. The van der Waals surface area contributed by atoms with Crippen LogP contribution in [0.5, 0.6) is 0 Å². The number of aliphatic hydroxyl groups excluding tert-OH is 1. The van der Waals surface area contributed by atoms with E-state index in [9.17, 15) is 5.11 Å². The largest absolute Gasteiger partial charge is 0.393 e. The lowest BCUT2D eigenvalue weighted by Crippen LogP contribution is -2.16. The molecule has 0 aliphatic rings. The summed E-state index contributed by atoms with van der Waals surface area (Å²) in [4.78, 5) is 16.7. The van der Waals surface area contributed by atoms with E-state index >= 15 is 0 Å². The fourth-order valence-electron chi connectivity index (χ4n) is 1.65. The van der Waals surface area contributed by atoms with Gasteiger partial charge in [-0.05, 0) is 19.8 Å². The lowest BCUT2D eigenvalue weighted by molar-refractivity contribution is 0.164. The van der Waals surface area contributed by atoms with Crippen LogP contribution in [0.15, 0.2) is 12.7 Å². The fourth-order valence-corrected chi connectivity index (χ4v) is 1.65. The third kappa shape index (κ3) is 4.35. The lowest BCUT2D eigenvalue weighted by atomic mass is 10.2. The molecule has 1 unspecified atom stereocenters. The Hall–Kier alpha value is -2.29. The van der Waals surface area contributed by atoms with Crippen LogP contribution in [0.2, 0.25) is 0 Å². The van der Waals surface area contributed by atoms with Gasteiger partial charge in [-0.1, -0.05) is 6.92 Å². The van der Waals surface area contributed by atoms with Crippen molar-refractivity contribution in [2.45, 2.75) is 32.8 Å². The molecule has 0 amide bonds. The van der Waals surface area contributed by atoms with Gasteiger partial charge in [0, 0.05) is 13.1 Å². The third-order valence-corrected chi connectivity index (χ3v) is 2.81. The second kappa shape index (κ2) is 7.48. The molecular formula is C12H20N8O. The molecule has 0 radical (unpaired) electrons. The van der Waals surface area contributed by atoms with Crippen molar-refractivity contribution in [3.05, 3.63) is 12.7 Å². The van der Waals surface area contributed by atoms with Crippen LogP contribution in [0, 0.1) is 0 Å². The van der Waals surface area contributed by atoms with Gasteiger partial charge in [0.1, 0.15) is 12.7 Å². The van der Waals surface area contributed by atoms with Crippen molar-refractivity contribution in [2.75, 3.05) is 23.7 Å². The maximum atomic E-state index is 9.55. The fraction of sp³-hybridized carbons (Fsp3) is 0.583. The molecule has 114 valence electrons. The Kier molecular flexibility index (Phi) is 5.38. The highest BCUT2D eigenvalue weighted by Crippen LogP contribution is 2.08. The van der Waals surface area contributed by atoms with Gasteiger partial charge in [-0.3, -0.25) is 0 Å². The van der Waals surface area contributed by atoms with Gasteiger partial charge in [-0.15, -0.1) is 0 Å². The monoisotopic (exact) mass is 292 g/mol. The molecule has 0 aliphatic carbocycles. The minimum absolute atomic E-state index is 0.317. The number of aliphatic hydroxyl groups is 1. The molecule has 9 heteroatoms. The van der Waals surface area contributed by atoms with Gasteiger partial charge in [0.15, 0.2) is 0 Å². The first-order chi connectivity index (χ1) is 10.2. The van der Waals surface area contributed by atoms with Crippen LogP contribution < -0.4 is 10.6 Å². The molecule has 2 aromatic rings. The van der Waals surface area contributed by atoms with E-state index < -0.39 is 0 Å². The molecule has 3 N–H and O–H groups in total. The Morgan fingerprint density at radius 1 is 1.19 bits per heavy atom. The molecule has 2 rings (SSSR count). The van der Waals surface area contributed by atoms with E-state index in [0.29, 0.717) is 37.4 Å². The predicted octanol–water partition coefficient (Wildman–Crippen LogP) is 0.457. The maximum Gasteiger partial charge on any atom is 0.258 e. The first-order valence-corrected chi connectivity index (χ1v) is 6.99. The van der Waals surface area contributed by atoms with Crippen molar-refractivity contribution in [1.82, 2.24) is 29.7 Å². The molecule has 0 fully saturated rings. The van der Waals surface area contributed by atoms with Crippen molar-refractivity contribution in [2.24, 2.45) is 0 Å². The number of rotatable bonds is 8. The van der Waals surface area contributed by atoms with E-state index in [0.717, 1.165) is 6.42 Å². The summed E-state index contributed by atoms with van der Waals surface area (Å²) in [5, 5.41) is 19.7. The topological polar surface area (TPSA) is 114 Å². The van der Waals surface area contributed by atoms with Crippen LogP contribution in [0.3, 0.4) is 0 Å². The Bertz CT molecular complexity index is 544. The van der Waals surface area contributed by atoms with Crippen LogP contribution >= 0.6 is 0 Å². The van der Waals surface area contributed by atoms with Crippen LogP contribution in [0.4, 0.5) is 11.9 Å². The zero-order chi connectivity index (χ0) is 15.1. The molecule has 9 nitrogen and oxygen atoms in total. The summed E-state index contributed by atoms with van der Waals surface area (Å²) in [6.45, 7) is 5.19. The molecule has 0 spiro atoms. The first kappa shape index (κ1) is 15.1.